The number of benzene rings is 1. The summed E-state index contributed by atoms with van der Waals surface area (Å²) in [6.45, 7) is 0.291. The summed E-state index contributed by atoms with van der Waals surface area (Å²) in [4.78, 5) is 12.0. The second kappa shape index (κ2) is 14.9. The van der Waals surface area contributed by atoms with E-state index in [1.165, 1.54) is 7.11 Å². The molecule has 2 aromatic rings. The van der Waals surface area contributed by atoms with E-state index in [2.05, 4.69) is 44.7 Å². The first-order chi connectivity index (χ1) is 18.3. The van der Waals surface area contributed by atoms with Crippen LogP contribution in [0.25, 0.3) is 0 Å². The lowest BCUT2D eigenvalue weighted by atomic mass is 10.2. The molecule has 220 valence electrons. The van der Waals surface area contributed by atoms with Gasteiger partial charge in [-0.15, -0.1) is 0 Å². The largest absolute Gasteiger partial charge is 0.370 e. The molecular formula is C17H27N7O11S4. The number of nitrogens with one attached hydrogen (secondary N) is 4. The third kappa shape index (κ3) is 11.8. The average Bonchev–Trinajstić information content (AvgIpc) is 2.86. The number of nitrogens with zero attached hydrogens (tertiary/aromatic N) is 3. The Hall–Kier alpha value is -2.25. The lowest BCUT2D eigenvalue weighted by molar-refractivity contribution is 0.148. The molecule has 18 nitrogen and oxygen atoms in total. The molecule has 2 rings (SSSR count). The highest BCUT2D eigenvalue weighted by Crippen LogP contribution is 2.27. The number of anilines is 3. The summed E-state index contributed by atoms with van der Waals surface area (Å²) in [6, 6.07) is 3.32. The fourth-order valence-corrected chi connectivity index (χ4v) is 4.86. The van der Waals surface area contributed by atoms with E-state index in [0.717, 1.165) is 32.4 Å². The molecule has 0 saturated carbocycles. The van der Waals surface area contributed by atoms with Gasteiger partial charge in [0.15, 0.2) is 0 Å². The SMILES string of the molecule is COCNCNOSc1nc(NCCS(=O)(=O)OC)nc(Nc2cc(S(=O)(=O)OC)ccc2CS(=O)(=O)O)n1. The monoisotopic (exact) mass is 633 g/mol. The van der Waals surface area contributed by atoms with Crippen molar-refractivity contribution in [3.8, 4) is 0 Å². The van der Waals surface area contributed by atoms with Crippen LogP contribution >= 0.6 is 12.0 Å². The van der Waals surface area contributed by atoms with Gasteiger partial charge in [0.25, 0.3) is 30.4 Å². The number of ether oxygens (including phenoxy) is 1. The maximum atomic E-state index is 12.2. The van der Waals surface area contributed by atoms with E-state index in [-0.39, 0.29) is 53.1 Å². The van der Waals surface area contributed by atoms with Gasteiger partial charge >= 0.3 is 0 Å². The van der Waals surface area contributed by atoms with E-state index < -0.39 is 41.9 Å². The third-order valence-corrected chi connectivity index (χ3v) is 7.99. The Balaban J connectivity index is 2.39. The van der Waals surface area contributed by atoms with Gasteiger partial charge in [-0.3, -0.25) is 18.2 Å². The molecule has 0 aliphatic heterocycles. The van der Waals surface area contributed by atoms with Crippen LogP contribution in [-0.2, 0) is 53.5 Å². The molecule has 0 fully saturated rings. The van der Waals surface area contributed by atoms with Gasteiger partial charge in [-0.05, 0) is 17.7 Å². The van der Waals surface area contributed by atoms with Crippen LogP contribution in [0.3, 0.4) is 0 Å². The molecule has 0 amide bonds. The summed E-state index contributed by atoms with van der Waals surface area (Å²) >= 11 is 0.657. The highest BCUT2D eigenvalue weighted by molar-refractivity contribution is 7.94. The zero-order valence-corrected chi connectivity index (χ0v) is 24.0. The predicted octanol–water partition coefficient (Wildman–Crippen LogP) is -0.594. The molecular weight excluding hydrogens is 606 g/mol. The van der Waals surface area contributed by atoms with E-state index >= 15 is 0 Å². The Bertz CT molecular complexity index is 1420. The van der Waals surface area contributed by atoms with Gasteiger partial charge in [0, 0.05) is 19.3 Å². The van der Waals surface area contributed by atoms with Gasteiger partial charge < -0.3 is 15.4 Å². The second-order valence-corrected chi connectivity index (χ2v) is 12.8. The molecule has 1 aromatic carbocycles. The van der Waals surface area contributed by atoms with Crippen LogP contribution in [-0.4, -0.2) is 91.8 Å². The van der Waals surface area contributed by atoms with Crippen molar-refractivity contribution in [1.29, 1.82) is 0 Å². The minimum absolute atomic E-state index is 0.0231. The molecule has 39 heavy (non-hydrogen) atoms. The van der Waals surface area contributed by atoms with E-state index in [4.69, 9.17) is 9.02 Å². The summed E-state index contributed by atoms with van der Waals surface area (Å²) in [6.07, 6.45) is 0. The number of hydrogen-bond donors (Lipinski definition) is 5. The van der Waals surface area contributed by atoms with Gasteiger partial charge in [-0.1, -0.05) is 6.07 Å². The third-order valence-electron chi connectivity index (χ3n) is 4.30. The standard InChI is InChI=1S/C17H27N7O11S4/c1-32-11-18-10-20-35-36-17-23-15(19-6-7-38(28,29)33-2)22-16(24-17)21-14-8-13(39(30,31)34-3)5-4-12(14)9-37(25,26)27/h4-5,8,18,20H,6-7,9-11H2,1-3H3,(H,25,26,27)(H2,19,21,22,23,24). The van der Waals surface area contributed by atoms with Crippen LogP contribution in [0, 0.1) is 0 Å². The van der Waals surface area contributed by atoms with Gasteiger partial charge in [0.1, 0.15) is 5.75 Å². The van der Waals surface area contributed by atoms with Crippen LogP contribution in [0.1, 0.15) is 5.56 Å². The quantitative estimate of drug-likeness (QED) is 0.0343. The first-order valence-corrected chi connectivity index (χ1v) is 15.8. The summed E-state index contributed by atoms with van der Waals surface area (Å²) < 4.78 is 98.8. The molecule has 0 radical (unpaired) electrons. The summed E-state index contributed by atoms with van der Waals surface area (Å²) in [5.74, 6) is -1.61. The lowest BCUT2D eigenvalue weighted by Gasteiger charge is -2.14. The highest BCUT2D eigenvalue weighted by atomic mass is 32.2. The number of hydrogen-bond acceptors (Lipinski definition) is 18. The second-order valence-electron chi connectivity index (χ2n) is 7.08. The Morgan fingerprint density at radius 1 is 0.974 bits per heavy atom. The van der Waals surface area contributed by atoms with Crippen LogP contribution in [0.15, 0.2) is 28.3 Å². The van der Waals surface area contributed by atoms with Gasteiger partial charge in [-0.2, -0.15) is 45.7 Å². The van der Waals surface area contributed by atoms with Gasteiger partial charge in [0.05, 0.1) is 50.3 Å². The maximum Gasteiger partial charge on any atom is 0.296 e. The van der Waals surface area contributed by atoms with Crippen molar-refractivity contribution in [1.82, 2.24) is 25.7 Å². The molecule has 0 aliphatic rings. The molecule has 1 heterocycles. The van der Waals surface area contributed by atoms with Gasteiger partial charge in [0.2, 0.25) is 17.1 Å². The van der Waals surface area contributed by atoms with Crippen LogP contribution in [0.5, 0.6) is 0 Å². The number of rotatable bonds is 18. The number of aromatic nitrogens is 3. The van der Waals surface area contributed by atoms with Crippen molar-refractivity contribution in [3.05, 3.63) is 23.8 Å². The zero-order valence-electron chi connectivity index (χ0n) is 20.8. The number of methoxy groups -OCH3 is 1. The van der Waals surface area contributed by atoms with Crippen molar-refractivity contribution in [2.75, 3.05) is 57.7 Å². The van der Waals surface area contributed by atoms with Gasteiger partial charge in [-0.25, -0.2) is 4.28 Å². The summed E-state index contributed by atoms with van der Waals surface area (Å²) in [7, 11) is -9.01. The van der Waals surface area contributed by atoms with E-state index in [9.17, 15) is 29.8 Å². The molecule has 5 N–H and O–H groups in total. The van der Waals surface area contributed by atoms with E-state index in [1.54, 1.807) is 0 Å². The molecule has 0 bridgehead atoms. The normalized spacial score (nSPS) is 12.4. The summed E-state index contributed by atoms with van der Waals surface area (Å²) in [5.41, 5.74) is 2.44. The zero-order chi connectivity index (χ0) is 29.1. The Kier molecular flexibility index (Phi) is 12.6. The minimum Gasteiger partial charge on any atom is -0.370 e. The highest BCUT2D eigenvalue weighted by Gasteiger charge is 2.19. The molecule has 0 saturated heterocycles. The van der Waals surface area contributed by atoms with Crippen molar-refractivity contribution < 1.29 is 47.2 Å². The maximum absolute atomic E-state index is 12.2. The van der Waals surface area contributed by atoms with Crippen LogP contribution < -0.4 is 21.4 Å². The van der Waals surface area contributed by atoms with Crippen molar-refractivity contribution in [2.24, 2.45) is 0 Å². The van der Waals surface area contributed by atoms with E-state index in [0.29, 0.717) is 12.0 Å². The molecule has 0 spiro atoms. The van der Waals surface area contributed by atoms with Crippen LogP contribution in [0.4, 0.5) is 17.6 Å². The Morgan fingerprint density at radius 3 is 2.33 bits per heavy atom. The molecule has 0 aliphatic carbocycles. The fraction of sp³-hybridized carbons (Fsp3) is 0.471. The van der Waals surface area contributed by atoms with Crippen molar-refractivity contribution in [2.45, 2.75) is 15.8 Å². The Morgan fingerprint density at radius 2 is 1.69 bits per heavy atom. The molecule has 22 heteroatoms. The molecule has 1 aromatic heterocycles. The number of hydroxylamine groups is 1. The van der Waals surface area contributed by atoms with Crippen LogP contribution in [0.2, 0.25) is 0 Å². The van der Waals surface area contributed by atoms with E-state index in [1.807, 2.05) is 0 Å². The smallest absolute Gasteiger partial charge is 0.296 e. The topological polar surface area (TPSA) is 246 Å². The first-order valence-electron chi connectivity index (χ1n) is 10.5. The van der Waals surface area contributed by atoms with Crippen molar-refractivity contribution >= 4 is 60.0 Å². The Labute approximate surface area is 229 Å². The van der Waals surface area contributed by atoms with Crippen molar-refractivity contribution in [3.63, 3.8) is 0 Å². The minimum atomic E-state index is -4.51. The summed E-state index contributed by atoms with van der Waals surface area (Å²) in [5, 5.41) is 8.16. The fourth-order valence-electron chi connectivity index (χ4n) is 2.57. The molecule has 0 atom stereocenters. The molecule has 0 unspecified atom stereocenters. The lowest BCUT2D eigenvalue weighted by Crippen LogP contribution is -2.28. The average molecular weight is 634 g/mol. The predicted molar refractivity (Wildman–Crippen MR) is 138 cm³/mol. The first kappa shape index (κ1) is 33.0.